The highest BCUT2D eigenvalue weighted by molar-refractivity contribution is 5.32. The number of aromatic nitrogens is 2. The average Bonchev–Trinajstić information content (AvgIpc) is 2.45. The number of nitrogen functional groups attached to an aromatic ring is 1. The molecule has 0 amide bonds. The Morgan fingerprint density at radius 2 is 2.27 bits per heavy atom. The van der Waals surface area contributed by atoms with Crippen LogP contribution in [0.3, 0.4) is 0 Å². The SMILES string of the molecule is Cn1nc(C2CCCC(C)(C)C2)cc1N. The topological polar surface area (TPSA) is 43.8 Å². The van der Waals surface area contributed by atoms with Crippen LogP contribution in [0.2, 0.25) is 0 Å². The first-order valence-electron chi connectivity index (χ1n) is 5.77. The van der Waals surface area contributed by atoms with Crippen molar-refractivity contribution >= 4 is 5.82 Å². The van der Waals surface area contributed by atoms with E-state index in [1.165, 1.54) is 31.4 Å². The Morgan fingerprint density at radius 3 is 2.80 bits per heavy atom. The van der Waals surface area contributed by atoms with Crippen molar-refractivity contribution in [3.8, 4) is 0 Å². The molecule has 0 aromatic carbocycles. The Bertz CT molecular complexity index is 332. The van der Waals surface area contributed by atoms with E-state index in [1.54, 1.807) is 4.68 Å². The summed E-state index contributed by atoms with van der Waals surface area (Å²) in [7, 11) is 1.91. The molecule has 0 saturated heterocycles. The van der Waals surface area contributed by atoms with Crippen molar-refractivity contribution in [3.63, 3.8) is 0 Å². The van der Waals surface area contributed by atoms with Crippen molar-refractivity contribution in [2.45, 2.75) is 45.4 Å². The Balaban J connectivity index is 2.17. The third kappa shape index (κ3) is 2.16. The smallest absolute Gasteiger partial charge is 0.121 e. The van der Waals surface area contributed by atoms with Gasteiger partial charge in [0, 0.05) is 19.0 Å². The van der Waals surface area contributed by atoms with E-state index in [4.69, 9.17) is 5.73 Å². The van der Waals surface area contributed by atoms with Crippen molar-refractivity contribution in [1.29, 1.82) is 0 Å². The van der Waals surface area contributed by atoms with Crippen LogP contribution in [0, 0.1) is 5.41 Å². The highest BCUT2D eigenvalue weighted by atomic mass is 15.3. The van der Waals surface area contributed by atoms with Gasteiger partial charge in [-0.15, -0.1) is 0 Å². The molecule has 1 aromatic heterocycles. The number of nitrogens with zero attached hydrogens (tertiary/aromatic N) is 2. The molecule has 2 rings (SSSR count). The maximum Gasteiger partial charge on any atom is 0.121 e. The monoisotopic (exact) mass is 207 g/mol. The lowest BCUT2D eigenvalue weighted by atomic mass is 9.71. The maximum atomic E-state index is 5.82. The van der Waals surface area contributed by atoms with Crippen LogP contribution in [0.4, 0.5) is 5.82 Å². The summed E-state index contributed by atoms with van der Waals surface area (Å²) in [5, 5.41) is 4.49. The summed E-state index contributed by atoms with van der Waals surface area (Å²) in [6.07, 6.45) is 5.16. The fourth-order valence-corrected chi connectivity index (χ4v) is 2.65. The van der Waals surface area contributed by atoms with Gasteiger partial charge in [-0.05, 0) is 24.7 Å². The van der Waals surface area contributed by atoms with Gasteiger partial charge in [0.05, 0.1) is 5.69 Å². The Labute approximate surface area is 91.7 Å². The maximum absolute atomic E-state index is 5.82. The number of hydrogen-bond acceptors (Lipinski definition) is 2. The van der Waals surface area contributed by atoms with Crippen molar-refractivity contribution in [1.82, 2.24) is 9.78 Å². The number of hydrogen-bond donors (Lipinski definition) is 1. The van der Waals surface area contributed by atoms with Crippen LogP contribution in [0.5, 0.6) is 0 Å². The van der Waals surface area contributed by atoms with Gasteiger partial charge < -0.3 is 5.73 Å². The van der Waals surface area contributed by atoms with Crippen molar-refractivity contribution in [2.75, 3.05) is 5.73 Å². The Morgan fingerprint density at radius 1 is 1.53 bits per heavy atom. The molecule has 1 fully saturated rings. The van der Waals surface area contributed by atoms with E-state index in [0.29, 0.717) is 11.3 Å². The van der Waals surface area contributed by atoms with Crippen LogP contribution in [0.15, 0.2) is 6.07 Å². The molecule has 1 saturated carbocycles. The van der Waals surface area contributed by atoms with Gasteiger partial charge in [-0.1, -0.05) is 20.3 Å². The zero-order chi connectivity index (χ0) is 11.1. The van der Waals surface area contributed by atoms with Gasteiger partial charge in [-0.2, -0.15) is 5.10 Å². The van der Waals surface area contributed by atoms with Gasteiger partial charge in [0.25, 0.3) is 0 Å². The second-order valence-corrected chi connectivity index (χ2v) is 5.58. The molecule has 3 nitrogen and oxygen atoms in total. The second kappa shape index (κ2) is 3.54. The molecule has 2 N–H and O–H groups in total. The summed E-state index contributed by atoms with van der Waals surface area (Å²) in [6.45, 7) is 4.71. The predicted molar refractivity (Wildman–Crippen MR) is 62.6 cm³/mol. The number of anilines is 1. The molecule has 1 heterocycles. The summed E-state index contributed by atoms with van der Waals surface area (Å²) in [5.74, 6) is 1.38. The van der Waals surface area contributed by atoms with Crippen LogP contribution < -0.4 is 5.73 Å². The van der Waals surface area contributed by atoms with Gasteiger partial charge in [0.15, 0.2) is 0 Å². The van der Waals surface area contributed by atoms with Gasteiger partial charge in [-0.25, -0.2) is 0 Å². The van der Waals surface area contributed by atoms with Crippen LogP contribution in [0.1, 0.15) is 51.1 Å². The molecule has 1 atom stereocenters. The quantitative estimate of drug-likeness (QED) is 0.769. The van der Waals surface area contributed by atoms with Crippen molar-refractivity contribution < 1.29 is 0 Å². The molecule has 15 heavy (non-hydrogen) atoms. The van der Waals surface area contributed by atoms with E-state index in [1.807, 2.05) is 13.1 Å². The molecule has 0 bridgehead atoms. The number of nitrogens with two attached hydrogens (primary N) is 1. The first kappa shape index (κ1) is 10.5. The van der Waals surface area contributed by atoms with Gasteiger partial charge >= 0.3 is 0 Å². The fraction of sp³-hybridized carbons (Fsp3) is 0.750. The molecule has 1 aromatic rings. The summed E-state index contributed by atoms with van der Waals surface area (Å²) in [4.78, 5) is 0. The molecule has 1 aliphatic rings. The summed E-state index contributed by atoms with van der Waals surface area (Å²) in [6, 6.07) is 2.03. The average molecular weight is 207 g/mol. The standard InChI is InChI=1S/C12H21N3/c1-12(2)6-4-5-9(8-12)10-7-11(13)15(3)14-10/h7,9H,4-6,8,13H2,1-3H3. The highest BCUT2D eigenvalue weighted by Crippen LogP contribution is 2.43. The van der Waals surface area contributed by atoms with Gasteiger partial charge in [0.1, 0.15) is 5.82 Å². The third-order valence-electron chi connectivity index (χ3n) is 3.56. The van der Waals surface area contributed by atoms with E-state index in [2.05, 4.69) is 18.9 Å². The molecule has 0 spiro atoms. The first-order chi connectivity index (χ1) is 6.98. The molecular formula is C12H21N3. The lowest BCUT2D eigenvalue weighted by Gasteiger charge is -2.34. The van der Waals surface area contributed by atoms with Gasteiger partial charge in [0.2, 0.25) is 0 Å². The van der Waals surface area contributed by atoms with Crippen LogP contribution in [0.25, 0.3) is 0 Å². The lowest BCUT2D eigenvalue weighted by molar-refractivity contribution is 0.217. The van der Waals surface area contributed by atoms with E-state index < -0.39 is 0 Å². The van der Waals surface area contributed by atoms with E-state index in [-0.39, 0.29) is 0 Å². The molecule has 3 heteroatoms. The third-order valence-corrected chi connectivity index (χ3v) is 3.56. The van der Waals surface area contributed by atoms with E-state index in [9.17, 15) is 0 Å². The molecule has 0 radical (unpaired) electrons. The van der Waals surface area contributed by atoms with Crippen molar-refractivity contribution in [3.05, 3.63) is 11.8 Å². The zero-order valence-corrected chi connectivity index (χ0v) is 9.95. The normalized spacial score (nSPS) is 25.4. The van der Waals surface area contributed by atoms with Crippen molar-refractivity contribution in [2.24, 2.45) is 12.5 Å². The Kier molecular flexibility index (Phi) is 2.49. The fourth-order valence-electron chi connectivity index (χ4n) is 2.65. The number of aryl methyl sites for hydroxylation is 1. The van der Waals surface area contributed by atoms with Gasteiger partial charge in [-0.3, -0.25) is 4.68 Å². The minimum Gasteiger partial charge on any atom is -0.384 e. The Hall–Kier alpha value is -0.990. The summed E-state index contributed by atoms with van der Waals surface area (Å²) < 4.78 is 1.77. The lowest BCUT2D eigenvalue weighted by Crippen LogP contribution is -2.21. The molecule has 84 valence electrons. The van der Waals surface area contributed by atoms with Crippen LogP contribution >= 0.6 is 0 Å². The summed E-state index contributed by atoms with van der Waals surface area (Å²) >= 11 is 0. The van der Waals surface area contributed by atoms with Crippen LogP contribution in [-0.4, -0.2) is 9.78 Å². The first-order valence-corrected chi connectivity index (χ1v) is 5.77. The van der Waals surface area contributed by atoms with E-state index in [0.717, 1.165) is 5.82 Å². The molecular weight excluding hydrogens is 186 g/mol. The minimum absolute atomic E-state index is 0.467. The van der Waals surface area contributed by atoms with Crippen LogP contribution in [-0.2, 0) is 7.05 Å². The largest absolute Gasteiger partial charge is 0.384 e. The van der Waals surface area contributed by atoms with E-state index >= 15 is 0 Å². The zero-order valence-electron chi connectivity index (χ0n) is 9.95. The molecule has 0 aliphatic heterocycles. The summed E-state index contributed by atoms with van der Waals surface area (Å²) in [5.41, 5.74) is 7.47. The minimum atomic E-state index is 0.467. The molecule has 1 unspecified atom stereocenters. The highest BCUT2D eigenvalue weighted by Gasteiger charge is 2.30. The number of rotatable bonds is 1. The molecule has 1 aliphatic carbocycles. The predicted octanol–water partition coefficient (Wildman–Crippen LogP) is 2.69. The second-order valence-electron chi connectivity index (χ2n) is 5.58.